The monoisotopic (exact) mass is 355 g/mol. The summed E-state index contributed by atoms with van der Waals surface area (Å²) in [6.07, 6.45) is -0.192. The predicted molar refractivity (Wildman–Crippen MR) is 99.9 cm³/mol. The molecule has 0 radical (unpaired) electrons. The predicted octanol–water partition coefficient (Wildman–Crippen LogP) is 3.89. The van der Waals surface area contributed by atoms with Crippen molar-refractivity contribution in [1.29, 1.82) is 0 Å². The van der Waals surface area contributed by atoms with Gasteiger partial charge >= 0.3 is 5.97 Å². The molecule has 0 saturated heterocycles. The van der Waals surface area contributed by atoms with Gasteiger partial charge in [-0.25, -0.2) is 0 Å². The molecular weight excluding hydrogens is 334 g/mol. The molecule has 3 rings (SSSR count). The van der Waals surface area contributed by atoms with Crippen molar-refractivity contribution in [3.63, 3.8) is 0 Å². The summed E-state index contributed by atoms with van der Waals surface area (Å²) in [6.45, 7) is 5.54. The molecule has 0 fully saturated rings. The third-order valence-corrected chi connectivity index (χ3v) is 5.51. The second kappa shape index (κ2) is 7.31. The van der Waals surface area contributed by atoms with E-state index in [1.165, 1.54) is 11.8 Å². The molecule has 0 spiro atoms. The number of esters is 1. The standard InChI is InChI=1S/C20H21NO3S/c1-12-8-9-16(13(2)10-12)21-19(22)14(3)24-20(23)18-11-15-6-4-5-7-17(15)25-18/h4-10,14,18H,11H2,1-3H3,(H,21,22). The number of hydrogen-bond acceptors (Lipinski definition) is 4. The summed E-state index contributed by atoms with van der Waals surface area (Å²) in [5.41, 5.74) is 4.00. The SMILES string of the molecule is Cc1ccc(NC(=O)C(C)OC(=O)C2Cc3ccccc3S2)c(C)c1. The number of aryl methyl sites for hydroxylation is 2. The first kappa shape index (κ1) is 17.5. The number of rotatable bonds is 4. The number of ether oxygens (including phenoxy) is 1. The van der Waals surface area contributed by atoms with Crippen LogP contribution in [0.5, 0.6) is 0 Å². The number of amides is 1. The molecule has 2 aromatic rings. The van der Waals surface area contributed by atoms with Gasteiger partial charge < -0.3 is 10.1 Å². The molecule has 0 aromatic heterocycles. The van der Waals surface area contributed by atoms with Crippen LogP contribution in [0.25, 0.3) is 0 Å². The first-order valence-electron chi connectivity index (χ1n) is 8.27. The second-order valence-electron chi connectivity index (χ2n) is 6.31. The number of nitrogens with one attached hydrogen (secondary N) is 1. The Labute approximate surface area is 152 Å². The molecule has 2 unspecified atom stereocenters. The molecule has 130 valence electrons. The molecule has 2 atom stereocenters. The Balaban J connectivity index is 1.57. The molecule has 1 N–H and O–H groups in total. The summed E-state index contributed by atoms with van der Waals surface area (Å²) in [6, 6.07) is 13.7. The van der Waals surface area contributed by atoms with E-state index in [9.17, 15) is 9.59 Å². The third kappa shape index (κ3) is 4.04. The molecule has 4 nitrogen and oxygen atoms in total. The minimum Gasteiger partial charge on any atom is -0.452 e. The molecule has 0 aliphatic carbocycles. The molecule has 1 aliphatic rings. The van der Waals surface area contributed by atoms with Crippen molar-refractivity contribution in [2.45, 2.75) is 43.4 Å². The minimum absolute atomic E-state index is 0.284. The van der Waals surface area contributed by atoms with Gasteiger partial charge in [-0.3, -0.25) is 9.59 Å². The highest BCUT2D eigenvalue weighted by Gasteiger charge is 2.31. The highest BCUT2D eigenvalue weighted by Crippen LogP contribution is 2.37. The summed E-state index contributed by atoms with van der Waals surface area (Å²) in [5.74, 6) is -0.662. The normalized spacial score (nSPS) is 16.8. The van der Waals surface area contributed by atoms with Crippen molar-refractivity contribution in [2.24, 2.45) is 0 Å². The van der Waals surface area contributed by atoms with Crippen LogP contribution in [0.2, 0.25) is 0 Å². The summed E-state index contributed by atoms with van der Waals surface area (Å²) < 4.78 is 5.39. The van der Waals surface area contributed by atoms with E-state index in [-0.39, 0.29) is 17.1 Å². The molecule has 1 amide bonds. The molecule has 2 aromatic carbocycles. The summed E-state index contributed by atoms with van der Waals surface area (Å²) >= 11 is 1.50. The number of hydrogen-bond donors (Lipinski definition) is 1. The van der Waals surface area contributed by atoms with Crippen LogP contribution in [-0.4, -0.2) is 23.2 Å². The van der Waals surface area contributed by atoms with Gasteiger partial charge in [0, 0.05) is 10.6 Å². The lowest BCUT2D eigenvalue weighted by molar-refractivity contribution is -0.152. The lowest BCUT2D eigenvalue weighted by atomic mass is 10.1. The van der Waals surface area contributed by atoms with Crippen molar-refractivity contribution >= 4 is 29.3 Å². The van der Waals surface area contributed by atoms with Gasteiger partial charge in [0.25, 0.3) is 5.91 Å². The Morgan fingerprint density at radius 3 is 2.68 bits per heavy atom. The Morgan fingerprint density at radius 2 is 1.96 bits per heavy atom. The number of anilines is 1. The lowest BCUT2D eigenvalue weighted by Crippen LogP contribution is -2.33. The smallest absolute Gasteiger partial charge is 0.320 e. The summed E-state index contributed by atoms with van der Waals surface area (Å²) in [5, 5.41) is 2.54. The van der Waals surface area contributed by atoms with Gasteiger partial charge in [-0.2, -0.15) is 0 Å². The van der Waals surface area contributed by atoms with E-state index in [2.05, 4.69) is 5.32 Å². The third-order valence-electron chi connectivity index (χ3n) is 4.21. The van der Waals surface area contributed by atoms with Crippen molar-refractivity contribution in [1.82, 2.24) is 0 Å². The zero-order valence-corrected chi connectivity index (χ0v) is 15.4. The quantitative estimate of drug-likeness (QED) is 0.846. The minimum atomic E-state index is -0.836. The van der Waals surface area contributed by atoms with Crippen molar-refractivity contribution < 1.29 is 14.3 Å². The zero-order chi connectivity index (χ0) is 18.0. The average Bonchev–Trinajstić information content (AvgIpc) is 3.01. The number of carbonyl (C=O) groups is 2. The molecule has 25 heavy (non-hydrogen) atoms. The fourth-order valence-corrected chi connectivity index (χ4v) is 3.99. The largest absolute Gasteiger partial charge is 0.452 e. The van der Waals surface area contributed by atoms with Gasteiger partial charge in [0.05, 0.1) is 0 Å². The Morgan fingerprint density at radius 1 is 1.20 bits per heavy atom. The number of carbonyl (C=O) groups excluding carboxylic acids is 2. The van der Waals surface area contributed by atoms with E-state index >= 15 is 0 Å². The van der Waals surface area contributed by atoms with Gasteiger partial charge in [-0.05, 0) is 50.5 Å². The Hall–Kier alpha value is -2.27. The first-order valence-corrected chi connectivity index (χ1v) is 9.15. The van der Waals surface area contributed by atoms with Crippen LogP contribution >= 0.6 is 11.8 Å². The van der Waals surface area contributed by atoms with Crippen LogP contribution in [0.15, 0.2) is 47.4 Å². The van der Waals surface area contributed by atoms with Crippen molar-refractivity contribution in [2.75, 3.05) is 5.32 Å². The van der Waals surface area contributed by atoms with Gasteiger partial charge in [0.15, 0.2) is 6.10 Å². The van der Waals surface area contributed by atoms with E-state index in [4.69, 9.17) is 4.74 Å². The fraction of sp³-hybridized carbons (Fsp3) is 0.300. The van der Waals surface area contributed by atoms with Crippen LogP contribution in [0.1, 0.15) is 23.6 Å². The average molecular weight is 355 g/mol. The Kier molecular flexibility index (Phi) is 5.13. The highest BCUT2D eigenvalue weighted by atomic mass is 32.2. The van der Waals surface area contributed by atoms with Crippen LogP contribution in [0, 0.1) is 13.8 Å². The fourth-order valence-electron chi connectivity index (χ4n) is 2.81. The maximum atomic E-state index is 12.4. The first-order chi connectivity index (χ1) is 11.9. The van der Waals surface area contributed by atoms with Crippen LogP contribution < -0.4 is 5.32 Å². The highest BCUT2D eigenvalue weighted by molar-refractivity contribution is 8.01. The van der Waals surface area contributed by atoms with Crippen molar-refractivity contribution in [3.05, 3.63) is 59.2 Å². The van der Waals surface area contributed by atoms with E-state index in [1.807, 2.05) is 56.3 Å². The van der Waals surface area contributed by atoms with Crippen molar-refractivity contribution in [3.8, 4) is 0 Å². The number of benzene rings is 2. The van der Waals surface area contributed by atoms with Gasteiger partial charge in [0.2, 0.25) is 0 Å². The molecule has 1 aliphatic heterocycles. The maximum Gasteiger partial charge on any atom is 0.320 e. The molecule has 0 bridgehead atoms. The van der Waals surface area contributed by atoms with Crippen LogP contribution in [0.4, 0.5) is 5.69 Å². The topological polar surface area (TPSA) is 55.4 Å². The van der Waals surface area contributed by atoms with E-state index in [0.29, 0.717) is 6.42 Å². The number of thioether (sulfide) groups is 1. The number of fused-ring (bicyclic) bond motifs is 1. The molecule has 1 heterocycles. The molecule has 0 saturated carbocycles. The van der Waals surface area contributed by atoms with Gasteiger partial charge in [-0.15, -0.1) is 11.8 Å². The molecule has 5 heteroatoms. The second-order valence-corrected chi connectivity index (χ2v) is 7.55. The van der Waals surface area contributed by atoms with Crippen LogP contribution in [0.3, 0.4) is 0 Å². The van der Waals surface area contributed by atoms with E-state index in [1.54, 1.807) is 6.92 Å². The Bertz CT molecular complexity index is 793. The molecular formula is C20H21NO3S. The summed E-state index contributed by atoms with van der Waals surface area (Å²) in [7, 11) is 0. The lowest BCUT2D eigenvalue weighted by Gasteiger charge is -2.16. The van der Waals surface area contributed by atoms with E-state index in [0.717, 1.165) is 27.3 Å². The van der Waals surface area contributed by atoms with Crippen LogP contribution in [-0.2, 0) is 20.7 Å². The zero-order valence-electron chi connectivity index (χ0n) is 14.5. The van der Waals surface area contributed by atoms with Gasteiger partial charge in [-0.1, -0.05) is 35.9 Å². The summed E-state index contributed by atoms with van der Waals surface area (Å²) in [4.78, 5) is 25.8. The van der Waals surface area contributed by atoms with E-state index < -0.39 is 6.10 Å². The van der Waals surface area contributed by atoms with Gasteiger partial charge in [0.1, 0.15) is 5.25 Å². The maximum absolute atomic E-state index is 12.4.